The van der Waals surface area contributed by atoms with Crippen LogP contribution in [0.4, 0.5) is 0 Å². The van der Waals surface area contributed by atoms with Gasteiger partial charge in [-0.25, -0.2) is 0 Å². The summed E-state index contributed by atoms with van der Waals surface area (Å²) < 4.78 is 0. The highest BCUT2D eigenvalue weighted by Crippen LogP contribution is 2.34. The van der Waals surface area contributed by atoms with Crippen LogP contribution in [0.25, 0.3) is 21.5 Å². The Hall–Kier alpha value is -2.62. The lowest BCUT2D eigenvalue weighted by Crippen LogP contribution is -2.19. The van der Waals surface area contributed by atoms with Gasteiger partial charge in [0.2, 0.25) is 11.8 Å². The number of carbonyl (C=O) groups excluding carboxylic acids is 2. The zero-order valence-electron chi connectivity index (χ0n) is 10.4. The van der Waals surface area contributed by atoms with Crippen LogP contribution in [0.5, 0.6) is 0 Å². The van der Waals surface area contributed by atoms with Gasteiger partial charge in [-0.05, 0) is 34.7 Å². The fourth-order valence-electron chi connectivity index (χ4n) is 2.69. The van der Waals surface area contributed by atoms with Crippen molar-refractivity contribution in [3.63, 3.8) is 0 Å². The first-order valence-corrected chi connectivity index (χ1v) is 5.88. The van der Waals surface area contributed by atoms with Gasteiger partial charge in [0.15, 0.2) is 0 Å². The summed E-state index contributed by atoms with van der Waals surface area (Å²) in [5.41, 5.74) is 12.1. The average Bonchev–Trinajstić information content (AvgIpc) is 2.38. The molecule has 0 saturated carbocycles. The molecule has 4 N–H and O–H groups in total. The van der Waals surface area contributed by atoms with E-state index in [2.05, 4.69) is 0 Å². The monoisotopic (exact) mass is 252 g/mol. The van der Waals surface area contributed by atoms with E-state index in [0.717, 1.165) is 21.5 Å². The number of amides is 2. The molecule has 4 nitrogen and oxygen atoms in total. The van der Waals surface area contributed by atoms with Crippen molar-refractivity contribution in [1.82, 2.24) is 0 Å². The standard InChI is InChI=1S/C15H12N2O2/c1-7-10(14(16)18)6-11-8-2-4-9(5-3-8)13(11)12(7)15(17)19/h2-6H,1H3,(H2,16,18)(H2,17,19). The van der Waals surface area contributed by atoms with Crippen molar-refractivity contribution < 1.29 is 9.59 Å². The molecule has 0 aromatic heterocycles. The molecule has 2 amide bonds. The van der Waals surface area contributed by atoms with E-state index < -0.39 is 11.8 Å². The topological polar surface area (TPSA) is 86.2 Å². The van der Waals surface area contributed by atoms with Crippen LogP contribution in [0.2, 0.25) is 0 Å². The second-order valence-corrected chi connectivity index (χ2v) is 4.65. The summed E-state index contributed by atoms with van der Waals surface area (Å²) in [6.07, 6.45) is 0. The molecule has 0 aliphatic heterocycles. The van der Waals surface area contributed by atoms with Crippen LogP contribution in [-0.4, -0.2) is 11.8 Å². The number of benzene rings is 4. The molecule has 0 heterocycles. The minimum absolute atomic E-state index is 0.343. The van der Waals surface area contributed by atoms with Crippen LogP contribution in [0, 0.1) is 6.92 Å². The molecule has 2 bridgehead atoms. The Morgan fingerprint density at radius 3 is 2.05 bits per heavy atom. The number of hydrogen-bond acceptors (Lipinski definition) is 2. The fraction of sp³-hybridized carbons (Fsp3) is 0.0667. The van der Waals surface area contributed by atoms with E-state index in [1.54, 1.807) is 13.0 Å². The summed E-state index contributed by atoms with van der Waals surface area (Å²) in [7, 11) is 0. The summed E-state index contributed by atoms with van der Waals surface area (Å²) in [6.45, 7) is 1.70. The fourth-order valence-corrected chi connectivity index (χ4v) is 2.69. The number of hydrogen-bond donors (Lipinski definition) is 2. The van der Waals surface area contributed by atoms with Gasteiger partial charge >= 0.3 is 0 Å². The number of carbonyl (C=O) groups is 2. The van der Waals surface area contributed by atoms with Gasteiger partial charge in [-0.2, -0.15) is 0 Å². The van der Waals surface area contributed by atoms with Crippen LogP contribution >= 0.6 is 0 Å². The molecule has 4 aromatic carbocycles. The molecular weight excluding hydrogens is 240 g/mol. The molecule has 0 spiro atoms. The Balaban J connectivity index is 2.61. The van der Waals surface area contributed by atoms with E-state index in [9.17, 15) is 9.59 Å². The van der Waals surface area contributed by atoms with E-state index >= 15 is 0 Å². The molecule has 4 aromatic rings. The van der Waals surface area contributed by atoms with Crippen LogP contribution in [0.15, 0.2) is 30.3 Å². The van der Waals surface area contributed by atoms with Gasteiger partial charge in [0.05, 0.1) is 5.56 Å². The van der Waals surface area contributed by atoms with Crippen LogP contribution < -0.4 is 11.5 Å². The molecule has 4 heteroatoms. The highest BCUT2D eigenvalue weighted by atomic mass is 16.1. The number of fused-ring (bicyclic) bond motifs is 2. The summed E-state index contributed by atoms with van der Waals surface area (Å²) in [5, 5.41) is 3.52. The van der Waals surface area contributed by atoms with Crippen molar-refractivity contribution in [3.05, 3.63) is 47.0 Å². The van der Waals surface area contributed by atoms with Gasteiger partial charge < -0.3 is 11.5 Å². The zero-order chi connectivity index (χ0) is 13.7. The average molecular weight is 252 g/mol. The van der Waals surface area contributed by atoms with Crippen molar-refractivity contribution in [1.29, 1.82) is 0 Å². The van der Waals surface area contributed by atoms with Crippen molar-refractivity contribution in [2.75, 3.05) is 0 Å². The zero-order valence-corrected chi connectivity index (χ0v) is 10.4. The normalized spacial score (nSPS) is 11.2. The lowest BCUT2D eigenvalue weighted by atomic mass is 9.89. The Bertz CT molecular complexity index is 816. The summed E-state index contributed by atoms with van der Waals surface area (Å²) in [5.74, 6) is -1.10. The van der Waals surface area contributed by atoms with Gasteiger partial charge in [-0.3, -0.25) is 9.59 Å². The number of rotatable bonds is 2. The second kappa shape index (κ2) is 3.68. The number of primary amides is 2. The van der Waals surface area contributed by atoms with Crippen LogP contribution in [-0.2, 0) is 0 Å². The van der Waals surface area contributed by atoms with Gasteiger partial charge in [0.1, 0.15) is 0 Å². The molecule has 0 unspecified atom stereocenters. The lowest BCUT2D eigenvalue weighted by Gasteiger charge is -2.15. The lowest BCUT2D eigenvalue weighted by molar-refractivity contribution is 0.0999. The first kappa shape index (κ1) is 11.5. The van der Waals surface area contributed by atoms with Gasteiger partial charge in [-0.15, -0.1) is 0 Å². The van der Waals surface area contributed by atoms with Gasteiger partial charge in [0.25, 0.3) is 0 Å². The first-order valence-electron chi connectivity index (χ1n) is 5.88. The molecule has 0 aliphatic carbocycles. The molecule has 0 aliphatic rings. The first-order chi connectivity index (χ1) is 9.00. The maximum absolute atomic E-state index is 11.7. The van der Waals surface area contributed by atoms with E-state index in [-0.39, 0.29) is 0 Å². The predicted octanol–water partition coefficient (Wildman–Crippen LogP) is 1.94. The minimum Gasteiger partial charge on any atom is -0.366 e. The SMILES string of the molecule is Cc1c(C(N)=O)cc2c3ccc(cc3)c2c1C(N)=O. The third-order valence-electron chi connectivity index (χ3n) is 3.58. The molecule has 19 heavy (non-hydrogen) atoms. The smallest absolute Gasteiger partial charge is 0.249 e. The molecule has 94 valence electrons. The van der Waals surface area contributed by atoms with Crippen LogP contribution in [0.1, 0.15) is 26.3 Å². The maximum Gasteiger partial charge on any atom is 0.249 e. The van der Waals surface area contributed by atoms with Gasteiger partial charge in [-0.1, -0.05) is 24.3 Å². The Morgan fingerprint density at radius 2 is 1.53 bits per heavy atom. The van der Waals surface area contributed by atoms with Gasteiger partial charge in [0, 0.05) is 10.9 Å². The molecular formula is C15H12N2O2. The molecule has 0 radical (unpaired) electrons. The van der Waals surface area contributed by atoms with Crippen LogP contribution in [0.3, 0.4) is 0 Å². The summed E-state index contributed by atoms with van der Waals surface area (Å²) in [4.78, 5) is 23.3. The molecule has 0 atom stereocenters. The van der Waals surface area contributed by atoms with Crippen molar-refractivity contribution >= 4 is 33.4 Å². The quantitative estimate of drug-likeness (QED) is 0.730. The highest BCUT2D eigenvalue weighted by molar-refractivity contribution is 6.21. The minimum atomic E-state index is -0.553. The Kier molecular flexibility index (Phi) is 2.22. The van der Waals surface area contributed by atoms with Crippen molar-refractivity contribution in [3.8, 4) is 0 Å². The molecule has 0 fully saturated rings. The third-order valence-corrected chi connectivity index (χ3v) is 3.58. The largest absolute Gasteiger partial charge is 0.366 e. The second-order valence-electron chi connectivity index (χ2n) is 4.65. The summed E-state index contributed by atoms with van der Waals surface area (Å²) >= 11 is 0. The van der Waals surface area contributed by atoms with E-state index in [0.29, 0.717) is 16.7 Å². The van der Waals surface area contributed by atoms with E-state index in [4.69, 9.17) is 11.5 Å². The molecule has 0 saturated heterocycles. The highest BCUT2D eigenvalue weighted by Gasteiger charge is 2.19. The van der Waals surface area contributed by atoms with Crippen molar-refractivity contribution in [2.24, 2.45) is 11.5 Å². The number of nitrogens with two attached hydrogens (primary N) is 2. The maximum atomic E-state index is 11.7. The van der Waals surface area contributed by atoms with E-state index in [1.807, 2.05) is 24.3 Å². The van der Waals surface area contributed by atoms with E-state index in [1.165, 1.54) is 0 Å². The Labute approximate surface area is 109 Å². The Morgan fingerprint density at radius 1 is 0.947 bits per heavy atom. The third kappa shape index (κ3) is 1.46. The van der Waals surface area contributed by atoms with Crippen molar-refractivity contribution in [2.45, 2.75) is 6.92 Å². The summed E-state index contributed by atoms with van der Waals surface area (Å²) in [6, 6.07) is 9.51. The predicted molar refractivity (Wildman–Crippen MR) is 74.4 cm³/mol. The molecule has 4 rings (SSSR count).